The second-order valence-corrected chi connectivity index (χ2v) is 8.61. The van der Waals surface area contributed by atoms with Crippen LogP contribution in [0.4, 0.5) is 10.1 Å². The van der Waals surface area contributed by atoms with E-state index in [1.807, 2.05) is 31.2 Å². The number of sulfone groups is 1. The van der Waals surface area contributed by atoms with Crippen LogP contribution in [0.5, 0.6) is 0 Å². The number of anilines is 1. The zero-order valence-electron chi connectivity index (χ0n) is 15.7. The number of nitrogens with one attached hydrogen (secondary N) is 1. The summed E-state index contributed by atoms with van der Waals surface area (Å²) in [5, 5.41) is 11.8. The van der Waals surface area contributed by atoms with Crippen molar-refractivity contribution in [2.45, 2.75) is 18.4 Å². The molecule has 0 saturated carbocycles. The van der Waals surface area contributed by atoms with Crippen LogP contribution in [-0.2, 0) is 21.2 Å². The first kappa shape index (κ1) is 20.5. The van der Waals surface area contributed by atoms with Gasteiger partial charge in [-0.3, -0.25) is 4.79 Å². The van der Waals surface area contributed by atoms with Crippen LogP contribution in [0.15, 0.2) is 71.6 Å². The first-order valence-electron chi connectivity index (χ1n) is 8.90. The molecule has 0 amide bonds. The SMILES string of the molecule is Cc1ccccc1-c1cccc(CNc2ccc(S(=O)(=O)CC(=O)O)cc2)c1F. The standard InChI is InChI=1S/C22H20FNO4S/c1-15-5-2-3-7-19(15)20-8-4-6-16(22(20)23)13-24-17-9-11-18(12-10-17)29(27,28)14-21(25)26/h2-12,24H,13-14H2,1H3,(H,25,26). The van der Waals surface area contributed by atoms with Crippen molar-refractivity contribution < 1.29 is 22.7 Å². The number of rotatable bonds is 7. The lowest BCUT2D eigenvalue weighted by Crippen LogP contribution is -2.15. The van der Waals surface area contributed by atoms with Crippen LogP contribution < -0.4 is 5.32 Å². The minimum Gasteiger partial charge on any atom is -0.480 e. The maximum absolute atomic E-state index is 15.0. The van der Waals surface area contributed by atoms with Gasteiger partial charge < -0.3 is 10.4 Å². The fourth-order valence-electron chi connectivity index (χ4n) is 3.02. The van der Waals surface area contributed by atoms with Crippen molar-refractivity contribution in [3.05, 3.63) is 83.7 Å². The Balaban J connectivity index is 1.76. The molecule has 3 aromatic rings. The van der Waals surface area contributed by atoms with Gasteiger partial charge in [0.15, 0.2) is 15.6 Å². The van der Waals surface area contributed by atoms with E-state index in [-0.39, 0.29) is 17.3 Å². The lowest BCUT2D eigenvalue weighted by atomic mass is 9.98. The summed E-state index contributed by atoms with van der Waals surface area (Å²) in [5.74, 6) is -2.68. The van der Waals surface area contributed by atoms with E-state index in [4.69, 9.17) is 5.11 Å². The fraction of sp³-hybridized carbons (Fsp3) is 0.136. The Labute approximate surface area is 168 Å². The summed E-state index contributed by atoms with van der Waals surface area (Å²) < 4.78 is 38.9. The predicted molar refractivity (Wildman–Crippen MR) is 110 cm³/mol. The van der Waals surface area contributed by atoms with E-state index in [9.17, 15) is 13.2 Å². The van der Waals surface area contributed by atoms with Gasteiger partial charge in [-0.05, 0) is 42.3 Å². The van der Waals surface area contributed by atoms with Crippen LogP contribution in [0.1, 0.15) is 11.1 Å². The molecule has 0 spiro atoms. The second-order valence-electron chi connectivity index (χ2n) is 6.62. The summed E-state index contributed by atoms with van der Waals surface area (Å²) in [4.78, 5) is 10.6. The summed E-state index contributed by atoms with van der Waals surface area (Å²) in [5.41, 5.74) is 3.42. The number of hydrogen-bond acceptors (Lipinski definition) is 4. The Kier molecular flexibility index (Phi) is 5.98. The molecular formula is C22H20FNO4S. The van der Waals surface area contributed by atoms with E-state index in [0.717, 1.165) is 11.1 Å². The highest BCUT2D eigenvalue weighted by Crippen LogP contribution is 2.28. The number of carboxylic acid groups (broad SMARTS) is 1. The molecule has 0 atom stereocenters. The van der Waals surface area contributed by atoms with E-state index in [1.165, 1.54) is 24.3 Å². The molecule has 3 rings (SSSR count). The van der Waals surface area contributed by atoms with E-state index in [1.54, 1.807) is 18.2 Å². The Morgan fingerprint density at radius 3 is 2.28 bits per heavy atom. The first-order valence-corrected chi connectivity index (χ1v) is 10.5. The van der Waals surface area contributed by atoms with Crippen LogP contribution in [0.2, 0.25) is 0 Å². The smallest absolute Gasteiger partial charge is 0.319 e. The van der Waals surface area contributed by atoms with Crippen molar-refractivity contribution in [3.63, 3.8) is 0 Å². The van der Waals surface area contributed by atoms with Gasteiger partial charge in [0.2, 0.25) is 0 Å². The molecule has 0 aliphatic heterocycles. The number of halogens is 1. The number of aryl methyl sites for hydroxylation is 1. The Bertz CT molecular complexity index is 1140. The summed E-state index contributed by atoms with van der Waals surface area (Å²) in [6, 6.07) is 18.5. The van der Waals surface area contributed by atoms with Crippen LogP contribution >= 0.6 is 0 Å². The topological polar surface area (TPSA) is 83.5 Å². The average molecular weight is 413 g/mol. The maximum atomic E-state index is 15.0. The van der Waals surface area contributed by atoms with Gasteiger partial charge in [0.1, 0.15) is 5.82 Å². The first-order chi connectivity index (χ1) is 13.8. The summed E-state index contributed by atoms with van der Waals surface area (Å²) >= 11 is 0. The third kappa shape index (κ3) is 4.81. The molecule has 5 nitrogen and oxygen atoms in total. The molecule has 0 unspecified atom stereocenters. The highest BCUT2D eigenvalue weighted by atomic mass is 32.2. The molecule has 3 aromatic carbocycles. The van der Waals surface area contributed by atoms with E-state index in [2.05, 4.69) is 5.32 Å². The van der Waals surface area contributed by atoms with Gasteiger partial charge in [0.25, 0.3) is 0 Å². The van der Waals surface area contributed by atoms with Crippen molar-refractivity contribution in [2.75, 3.05) is 11.1 Å². The number of benzene rings is 3. The zero-order chi connectivity index (χ0) is 21.0. The van der Waals surface area contributed by atoms with Gasteiger partial charge in [-0.1, -0.05) is 42.5 Å². The highest BCUT2D eigenvalue weighted by molar-refractivity contribution is 7.92. The Morgan fingerprint density at radius 2 is 1.62 bits per heavy atom. The summed E-state index contributed by atoms with van der Waals surface area (Å²) in [6.45, 7) is 2.15. The van der Waals surface area contributed by atoms with Crippen LogP contribution in [0.25, 0.3) is 11.1 Å². The van der Waals surface area contributed by atoms with Crippen LogP contribution in [-0.4, -0.2) is 25.2 Å². The van der Waals surface area contributed by atoms with Crippen molar-refractivity contribution in [1.29, 1.82) is 0 Å². The van der Waals surface area contributed by atoms with Crippen molar-refractivity contribution in [3.8, 4) is 11.1 Å². The van der Waals surface area contributed by atoms with E-state index >= 15 is 4.39 Å². The van der Waals surface area contributed by atoms with Gasteiger partial charge in [-0.2, -0.15) is 0 Å². The Hall–Kier alpha value is -3.19. The highest BCUT2D eigenvalue weighted by Gasteiger charge is 2.18. The third-order valence-electron chi connectivity index (χ3n) is 4.52. The van der Waals surface area contributed by atoms with Crippen LogP contribution in [0.3, 0.4) is 0 Å². The Morgan fingerprint density at radius 1 is 0.966 bits per heavy atom. The molecule has 2 N–H and O–H groups in total. The lowest BCUT2D eigenvalue weighted by Gasteiger charge is -2.12. The second kappa shape index (κ2) is 8.45. The normalized spacial score (nSPS) is 11.2. The molecule has 7 heteroatoms. The van der Waals surface area contributed by atoms with Gasteiger partial charge in [0.05, 0.1) is 4.90 Å². The molecule has 29 heavy (non-hydrogen) atoms. The molecule has 0 radical (unpaired) electrons. The molecular weight excluding hydrogens is 393 g/mol. The summed E-state index contributed by atoms with van der Waals surface area (Å²) in [7, 11) is -3.88. The summed E-state index contributed by atoms with van der Waals surface area (Å²) in [6.07, 6.45) is 0. The molecule has 0 aliphatic rings. The quantitative estimate of drug-likeness (QED) is 0.604. The minimum atomic E-state index is -3.88. The molecule has 0 bridgehead atoms. The fourth-order valence-corrected chi connectivity index (χ4v) is 4.07. The molecule has 150 valence electrons. The lowest BCUT2D eigenvalue weighted by molar-refractivity contribution is -0.134. The van der Waals surface area contributed by atoms with E-state index in [0.29, 0.717) is 16.8 Å². The minimum absolute atomic E-state index is 0.0711. The van der Waals surface area contributed by atoms with Crippen molar-refractivity contribution >= 4 is 21.5 Å². The number of carboxylic acids is 1. The maximum Gasteiger partial charge on any atom is 0.319 e. The monoisotopic (exact) mass is 413 g/mol. The number of carbonyl (C=O) groups is 1. The molecule has 0 aromatic heterocycles. The average Bonchev–Trinajstić information content (AvgIpc) is 2.67. The predicted octanol–water partition coefficient (Wildman–Crippen LogP) is 4.27. The van der Waals surface area contributed by atoms with Gasteiger partial charge >= 0.3 is 5.97 Å². The van der Waals surface area contributed by atoms with E-state index < -0.39 is 21.6 Å². The van der Waals surface area contributed by atoms with Gasteiger partial charge in [-0.25, -0.2) is 12.8 Å². The van der Waals surface area contributed by atoms with Gasteiger partial charge in [0, 0.05) is 23.4 Å². The van der Waals surface area contributed by atoms with Crippen LogP contribution in [0, 0.1) is 12.7 Å². The zero-order valence-corrected chi connectivity index (χ0v) is 16.5. The molecule has 0 fully saturated rings. The largest absolute Gasteiger partial charge is 0.480 e. The molecule has 0 heterocycles. The number of hydrogen-bond donors (Lipinski definition) is 2. The molecule has 0 saturated heterocycles. The van der Waals surface area contributed by atoms with Gasteiger partial charge in [-0.15, -0.1) is 0 Å². The number of aliphatic carboxylic acids is 1. The van der Waals surface area contributed by atoms with Crippen molar-refractivity contribution in [2.24, 2.45) is 0 Å². The van der Waals surface area contributed by atoms with Crippen molar-refractivity contribution in [1.82, 2.24) is 0 Å². The molecule has 0 aliphatic carbocycles. The third-order valence-corrected chi connectivity index (χ3v) is 6.14.